The number of nitrogens with zero attached hydrogens (tertiary/aromatic N) is 3. The molecule has 26 heteroatoms. The molecular weight excluding hydrogens is 1100 g/mol. The van der Waals surface area contributed by atoms with Crippen LogP contribution in [0.15, 0.2) is 75.3 Å². The first-order valence-corrected chi connectivity index (χ1v) is 28.2. The number of methoxy groups -OCH3 is 1. The highest BCUT2D eigenvalue weighted by molar-refractivity contribution is 7.90. The third kappa shape index (κ3) is 17.3. The van der Waals surface area contributed by atoms with Gasteiger partial charge < -0.3 is 33.8 Å². The standard InChI is InChI=1S/C18H15ClFNO3.C15H22ClNO2.C15H12F3NO4S.C3H8NO5P/c1-3-10(2)24-16-9-15(14(20)8-13(16)19)21-17(22)11-6-4-5-7-12(11)18(21)23;1-5-13-8-6-7-11(2)15(13)17(14(18)9-16)12(3)10-19-4;1-24(21,22)12-6-9(15(16,17)18)4-5-10(12)13(20)11-7-19-23-14(11)8-2-3-8;5-3(6)1-4-2-10(7,8)9/h1,8-10H,4-7H2,2H3;6-8,12H,5,9-10H2,1-4H3;4-8H,2-3H2,1H3;4H,1-2H2,(H,5,6)(H2,7,8,9). The molecule has 0 bridgehead atoms. The number of anilines is 2. The minimum Gasteiger partial charge on any atom is -0.480 e. The van der Waals surface area contributed by atoms with Gasteiger partial charge in [-0.3, -0.25) is 33.9 Å². The molecule has 4 aromatic rings. The van der Waals surface area contributed by atoms with E-state index in [1.807, 2.05) is 26.0 Å². The smallest absolute Gasteiger partial charge is 0.416 e. The molecular formula is C51H57Cl2F4N4O14PS. The molecule has 1 fully saturated rings. The molecule has 3 aromatic carbocycles. The Hall–Kier alpha value is -5.96. The van der Waals surface area contributed by atoms with Gasteiger partial charge in [-0.05, 0) is 101 Å². The number of halogens is 6. The van der Waals surface area contributed by atoms with Crippen LogP contribution in [0, 0.1) is 25.1 Å². The zero-order valence-electron chi connectivity index (χ0n) is 42.6. The maximum Gasteiger partial charge on any atom is 0.416 e. The van der Waals surface area contributed by atoms with Crippen molar-refractivity contribution in [1.29, 1.82) is 0 Å². The number of ether oxygens (including phenoxy) is 2. The van der Waals surface area contributed by atoms with E-state index in [1.165, 1.54) is 12.3 Å². The van der Waals surface area contributed by atoms with Gasteiger partial charge in [-0.1, -0.05) is 47.8 Å². The zero-order valence-corrected chi connectivity index (χ0v) is 45.8. The van der Waals surface area contributed by atoms with Crippen molar-refractivity contribution in [3.8, 4) is 18.1 Å². The number of sulfone groups is 1. The predicted octanol–water partition coefficient (Wildman–Crippen LogP) is 8.79. The first kappa shape index (κ1) is 63.6. The monoisotopic (exact) mass is 1160 g/mol. The quantitative estimate of drug-likeness (QED) is 0.0192. The van der Waals surface area contributed by atoms with E-state index in [0.29, 0.717) is 48.5 Å². The molecule has 3 aliphatic rings. The fraction of sp³-hybridized carbons (Fsp3) is 0.412. The van der Waals surface area contributed by atoms with Crippen LogP contribution >= 0.6 is 30.8 Å². The molecule has 7 rings (SSSR count). The third-order valence-corrected chi connectivity index (χ3v) is 14.0. The lowest BCUT2D eigenvalue weighted by molar-refractivity contribution is -0.138. The number of terminal acetylenes is 1. The number of nitrogens with one attached hydrogen (secondary N) is 1. The fourth-order valence-electron chi connectivity index (χ4n) is 7.99. The number of carboxylic acids is 1. The topological polar surface area (TPSA) is 260 Å². The van der Waals surface area contributed by atoms with Gasteiger partial charge in [0.05, 0.1) is 64.1 Å². The highest BCUT2D eigenvalue weighted by Gasteiger charge is 2.41. The van der Waals surface area contributed by atoms with E-state index in [4.69, 9.17) is 58.5 Å². The van der Waals surface area contributed by atoms with E-state index in [1.54, 1.807) is 18.9 Å². The third-order valence-electron chi connectivity index (χ3n) is 11.7. The molecule has 2 atom stereocenters. The number of hydrogen-bond donors (Lipinski definition) is 4. The molecule has 2 heterocycles. The zero-order chi connectivity index (χ0) is 57.7. The largest absolute Gasteiger partial charge is 0.480 e. The van der Waals surface area contributed by atoms with Crippen molar-refractivity contribution in [3.05, 3.63) is 110 Å². The summed E-state index contributed by atoms with van der Waals surface area (Å²) >= 11 is 11.7. The Morgan fingerprint density at radius 1 is 1.05 bits per heavy atom. The SMILES string of the molecule is C#CC(C)Oc1cc(N2C(=O)C3=C(CCCC3)C2=O)c(F)cc1Cl.CCc1cccc(C)c1N(C(=O)CCl)C(C)COC.CS(=O)(=O)c1cc(C(F)(F)F)ccc1C(=O)c1cnoc1C1CC1.O=C(O)CNCP(=O)(O)O. The molecule has 77 heavy (non-hydrogen) atoms. The van der Waals surface area contributed by atoms with Crippen LogP contribution in [0.1, 0.15) is 104 Å². The van der Waals surface area contributed by atoms with Crippen LogP contribution in [0.5, 0.6) is 5.75 Å². The normalized spacial score (nSPS) is 15.1. The minimum atomic E-state index is -4.71. The lowest BCUT2D eigenvalue weighted by Crippen LogP contribution is -2.43. The molecule has 0 radical (unpaired) electrons. The second kappa shape index (κ2) is 27.6. The van der Waals surface area contributed by atoms with Crippen molar-refractivity contribution in [2.75, 3.05) is 48.5 Å². The van der Waals surface area contributed by atoms with E-state index >= 15 is 0 Å². The highest BCUT2D eigenvalue weighted by Crippen LogP contribution is 2.43. The van der Waals surface area contributed by atoms with E-state index < -0.39 is 82.4 Å². The molecule has 18 nitrogen and oxygen atoms in total. The molecule has 2 aliphatic carbocycles. The van der Waals surface area contributed by atoms with Crippen molar-refractivity contribution in [1.82, 2.24) is 10.5 Å². The molecule has 1 saturated carbocycles. The van der Waals surface area contributed by atoms with E-state index in [9.17, 15) is 54.5 Å². The number of aromatic nitrogens is 1. The lowest BCUT2D eigenvalue weighted by atomic mass is 9.93. The van der Waals surface area contributed by atoms with Gasteiger partial charge >= 0.3 is 19.7 Å². The number of amides is 3. The Morgan fingerprint density at radius 3 is 2.18 bits per heavy atom. The number of aryl methyl sites for hydroxylation is 2. The lowest BCUT2D eigenvalue weighted by Gasteiger charge is -2.31. The maximum atomic E-state index is 14.4. The number of imide groups is 1. The van der Waals surface area contributed by atoms with Gasteiger partial charge in [-0.15, -0.1) is 18.0 Å². The summed E-state index contributed by atoms with van der Waals surface area (Å²) in [4.78, 5) is 78.1. The second-order valence-electron chi connectivity index (χ2n) is 17.7. The molecule has 2 unspecified atom stereocenters. The van der Waals surface area contributed by atoms with Gasteiger partial charge in [-0.2, -0.15) is 13.2 Å². The number of carbonyl (C=O) groups excluding carboxylic acids is 4. The summed E-state index contributed by atoms with van der Waals surface area (Å²) in [5.41, 5.74) is 2.65. The number of hydrogen-bond acceptors (Lipinski definition) is 13. The number of benzene rings is 3. The van der Waals surface area contributed by atoms with Crippen LogP contribution in [0.4, 0.5) is 28.9 Å². The average Bonchev–Trinajstić information content (AvgIpc) is 4.03. The van der Waals surface area contributed by atoms with E-state index in [0.717, 1.165) is 72.2 Å². The van der Waals surface area contributed by atoms with Crippen LogP contribution in [-0.2, 0) is 50.9 Å². The van der Waals surface area contributed by atoms with Crippen LogP contribution in [0.2, 0.25) is 5.02 Å². The summed E-state index contributed by atoms with van der Waals surface area (Å²) < 4.78 is 102. The van der Waals surface area contributed by atoms with Crippen molar-refractivity contribution >= 4 is 81.5 Å². The summed E-state index contributed by atoms with van der Waals surface area (Å²) in [5, 5.41) is 13.6. The van der Waals surface area contributed by atoms with Crippen LogP contribution in [0.25, 0.3) is 0 Å². The van der Waals surface area contributed by atoms with Crippen molar-refractivity contribution < 1.29 is 83.4 Å². The van der Waals surface area contributed by atoms with Gasteiger partial charge in [0.2, 0.25) is 5.91 Å². The van der Waals surface area contributed by atoms with E-state index in [2.05, 4.69) is 29.4 Å². The first-order valence-electron chi connectivity index (χ1n) is 23.6. The van der Waals surface area contributed by atoms with Gasteiger partial charge in [0, 0.05) is 42.1 Å². The van der Waals surface area contributed by atoms with Crippen molar-refractivity contribution in [2.24, 2.45) is 0 Å². The van der Waals surface area contributed by atoms with Crippen molar-refractivity contribution in [2.45, 2.75) is 102 Å². The Kier molecular flexibility index (Phi) is 22.8. The number of aliphatic carboxylic acids is 1. The number of carbonyl (C=O) groups is 5. The predicted molar refractivity (Wildman–Crippen MR) is 277 cm³/mol. The number of para-hydroxylation sites is 1. The molecule has 1 aromatic heterocycles. The maximum absolute atomic E-state index is 14.4. The van der Waals surface area contributed by atoms with Crippen molar-refractivity contribution in [3.63, 3.8) is 0 Å². The summed E-state index contributed by atoms with van der Waals surface area (Å²) in [6.45, 7) is 7.75. The fourth-order valence-corrected chi connectivity index (χ4v) is 9.62. The van der Waals surface area contributed by atoms with Crippen LogP contribution in [-0.4, -0.2) is 109 Å². The van der Waals surface area contributed by atoms with Gasteiger partial charge in [-0.25, -0.2) is 17.7 Å². The Labute approximate surface area is 452 Å². The molecule has 3 amide bonds. The number of alkyl halides is 4. The Bertz CT molecular complexity index is 3050. The molecule has 4 N–H and O–H groups in total. The van der Waals surface area contributed by atoms with Gasteiger partial charge in [0.25, 0.3) is 11.8 Å². The van der Waals surface area contributed by atoms with Crippen LogP contribution < -0.4 is 19.9 Å². The van der Waals surface area contributed by atoms with E-state index in [-0.39, 0.29) is 51.3 Å². The summed E-state index contributed by atoms with van der Waals surface area (Å²) in [7, 11) is -6.50. The minimum absolute atomic E-state index is 0.0223. The summed E-state index contributed by atoms with van der Waals surface area (Å²) in [5.74, 6) is -0.772. The molecule has 0 saturated heterocycles. The molecule has 1 aliphatic heterocycles. The molecule has 418 valence electrons. The number of ketones is 1. The van der Waals surface area contributed by atoms with Gasteiger partial charge in [0.15, 0.2) is 27.5 Å². The molecule has 0 spiro atoms. The average molecular weight is 1160 g/mol. The Morgan fingerprint density at radius 2 is 1.68 bits per heavy atom. The Balaban J connectivity index is 0.000000231. The highest BCUT2D eigenvalue weighted by atomic mass is 35.5. The van der Waals surface area contributed by atoms with Crippen LogP contribution in [0.3, 0.4) is 0 Å². The summed E-state index contributed by atoms with van der Waals surface area (Å²) in [6, 6.07) is 10.4. The first-order chi connectivity index (χ1) is 36.0. The second-order valence-corrected chi connectivity index (χ2v) is 22.0. The summed E-state index contributed by atoms with van der Waals surface area (Å²) in [6.07, 6.45) is 6.61. The van der Waals surface area contributed by atoms with Gasteiger partial charge in [0.1, 0.15) is 17.4 Å². The number of carboxylic acid groups (broad SMARTS) is 1. The number of rotatable bonds is 17.